The molecule has 0 aliphatic rings. The molecular weight excluding hydrogens is 234 g/mol. The summed E-state index contributed by atoms with van der Waals surface area (Å²) in [4.78, 5) is 27.8. The van der Waals surface area contributed by atoms with Gasteiger partial charge in [0.1, 0.15) is 5.52 Å². The third-order valence-electron chi connectivity index (χ3n) is 2.65. The van der Waals surface area contributed by atoms with E-state index in [1.165, 1.54) is 0 Å². The Morgan fingerprint density at radius 3 is 2.83 bits per heavy atom. The number of nitrogens with one attached hydrogen (secondary N) is 1. The number of carbonyl (C=O) groups excluding carboxylic acids is 1. The molecule has 0 saturated carbocycles. The molecule has 0 aliphatic carbocycles. The van der Waals surface area contributed by atoms with Gasteiger partial charge in [-0.1, -0.05) is 0 Å². The first-order valence-electron chi connectivity index (χ1n) is 5.58. The van der Waals surface area contributed by atoms with Gasteiger partial charge in [-0.25, -0.2) is 9.78 Å². The largest absolute Gasteiger partial charge is 0.461 e. The molecule has 0 radical (unpaired) electrons. The van der Waals surface area contributed by atoms with Crippen LogP contribution in [0.2, 0.25) is 0 Å². The lowest BCUT2D eigenvalue weighted by molar-refractivity contribution is 0.0517. The molecule has 2 aromatic rings. The molecule has 6 heteroatoms. The second-order valence-corrected chi connectivity index (χ2v) is 3.91. The summed E-state index contributed by atoms with van der Waals surface area (Å²) < 4.78 is 4.76. The van der Waals surface area contributed by atoms with Gasteiger partial charge < -0.3 is 4.74 Å². The fraction of sp³-hybridized carbons (Fsp3) is 0.333. The highest BCUT2D eigenvalue weighted by Crippen LogP contribution is 2.10. The molecule has 0 unspecified atom stereocenters. The van der Waals surface area contributed by atoms with Crippen LogP contribution in [0.1, 0.15) is 28.7 Å². The maximum Gasteiger partial charge on any atom is 0.362 e. The fourth-order valence-electron chi connectivity index (χ4n) is 1.58. The highest BCUT2D eigenvalue weighted by atomic mass is 16.5. The highest BCUT2D eigenvalue weighted by Gasteiger charge is 2.17. The number of esters is 1. The minimum absolute atomic E-state index is 0.193. The molecule has 0 saturated heterocycles. The van der Waals surface area contributed by atoms with Crippen molar-refractivity contribution in [1.29, 1.82) is 0 Å². The Balaban J connectivity index is 2.68. The summed E-state index contributed by atoms with van der Waals surface area (Å²) in [5.74, 6) is -0.735. The van der Waals surface area contributed by atoms with Gasteiger partial charge in [0.25, 0.3) is 0 Å². The summed E-state index contributed by atoms with van der Waals surface area (Å²) in [6, 6.07) is 1.78. The third-order valence-corrected chi connectivity index (χ3v) is 2.65. The Labute approximate surface area is 103 Å². The van der Waals surface area contributed by atoms with Gasteiger partial charge in [0.05, 0.1) is 12.1 Å². The highest BCUT2D eigenvalue weighted by molar-refractivity contribution is 5.90. The fourth-order valence-corrected chi connectivity index (χ4v) is 1.58. The lowest BCUT2D eigenvalue weighted by Gasteiger charge is -2.04. The SMILES string of the molecule is CCOC(=O)c1n[nH]c2cc(C)c(C)nc2c1=O. The number of fused-ring (bicyclic) bond motifs is 1. The summed E-state index contributed by atoms with van der Waals surface area (Å²) in [5, 5.41) is 6.40. The van der Waals surface area contributed by atoms with Crippen molar-refractivity contribution < 1.29 is 9.53 Å². The summed E-state index contributed by atoms with van der Waals surface area (Å²) in [5.41, 5.74) is 1.63. The molecule has 1 N–H and O–H groups in total. The van der Waals surface area contributed by atoms with Crippen molar-refractivity contribution in [2.45, 2.75) is 20.8 Å². The summed E-state index contributed by atoms with van der Waals surface area (Å²) >= 11 is 0. The predicted molar refractivity (Wildman–Crippen MR) is 65.6 cm³/mol. The number of ether oxygens (including phenoxy) is 1. The predicted octanol–water partition coefficient (Wildman–Crippen LogP) is 1.11. The third kappa shape index (κ3) is 1.97. The van der Waals surface area contributed by atoms with E-state index in [4.69, 9.17) is 4.74 Å². The normalized spacial score (nSPS) is 10.6. The lowest BCUT2D eigenvalue weighted by Crippen LogP contribution is -2.22. The second kappa shape index (κ2) is 4.56. The number of aromatic nitrogens is 3. The van der Waals surface area contributed by atoms with Crippen molar-refractivity contribution in [3.05, 3.63) is 33.2 Å². The Morgan fingerprint density at radius 1 is 1.44 bits per heavy atom. The zero-order chi connectivity index (χ0) is 13.3. The first-order valence-corrected chi connectivity index (χ1v) is 5.58. The van der Waals surface area contributed by atoms with Crippen molar-refractivity contribution in [3.63, 3.8) is 0 Å². The van der Waals surface area contributed by atoms with Gasteiger partial charge in [-0.2, -0.15) is 5.10 Å². The van der Waals surface area contributed by atoms with Crippen molar-refractivity contribution in [2.24, 2.45) is 0 Å². The molecule has 2 aromatic heterocycles. The molecule has 94 valence electrons. The smallest absolute Gasteiger partial charge is 0.362 e. The summed E-state index contributed by atoms with van der Waals surface area (Å²) in [7, 11) is 0. The van der Waals surface area contributed by atoms with Crippen LogP contribution in [0.25, 0.3) is 11.0 Å². The van der Waals surface area contributed by atoms with Crippen molar-refractivity contribution in [1.82, 2.24) is 15.2 Å². The van der Waals surface area contributed by atoms with E-state index in [-0.39, 0.29) is 17.8 Å². The van der Waals surface area contributed by atoms with E-state index < -0.39 is 11.4 Å². The van der Waals surface area contributed by atoms with Crippen molar-refractivity contribution >= 4 is 17.0 Å². The van der Waals surface area contributed by atoms with Crippen molar-refractivity contribution in [3.8, 4) is 0 Å². The Kier molecular flexibility index (Phi) is 3.10. The molecule has 6 nitrogen and oxygen atoms in total. The van der Waals surface area contributed by atoms with Crippen LogP contribution in [0.5, 0.6) is 0 Å². The average molecular weight is 247 g/mol. The number of hydrogen-bond acceptors (Lipinski definition) is 5. The minimum Gasteiger partial charge on any atom is -0.461 e. The number of carbonyl (C=O) groups is 1. The molecule has 18 heavy (non-hydrogen) atoms. The van der Waals surface area contributed by atoms with Gasteiger partial charge in [-0.05, 0) is 32.4 Å². The van der Waals surface area contributed by atoms with Gasteiger partial charge >= 0.3 is 5.97 Å². The van der Waals surface area contributed by atoms with Crippen LogP contribution in [0.4, 0.5) is 0 Å². The molecule has 0 amide bonds. The van der Waals surface area contributed by atoms with Gasteiger partial charge in [0.15, 0.2) is 0 Å². The van der Waals surface area contributed by atoms with E-state index in [0.717, 1.165) is 11.3 Å². The molecule has 2 rings (SSSR count). The van der Waals surface area contributed by atoms with Crippen LogP contribution < -0.4 is 5.43 Å². The molecule has 0 fully saturated rings. The van der Waals surface area contributed by atoms with Crippen LogP contribution in [-0.2, 0) is 4.74 Å². The lowest BCUT2D eigenvalue weighted by atomic mass is 10.2. The quantitative estimate of drug-likeness (QED) is 0.803. The van der Waals surface area contributed by atoms with Crippen molar-refractivity contribution in [2.75, 3.05) is 6.61 Å². The van der Waals surface area contributed by atoms with Crippen LogP contribution in [0, 0.1) is 13.8 Å². The summed E-state index contributed by atoms with van der Waals surface area (Å²) in [6.07, 6.45) is 0. The van der Waals surface area contributed by atoms with Crippen LogP contribution >= 0.6 is 0 Å². The minimum atomic E-state index is -0.735. The number of rotatable bonds is 2. The van der Waals surface area contributed by atoms with E-state index >= 15 is 0 Å². The van der Waals surface area contributed by atoms with Crippen LogP contribution in [0.15, 0.2) is 10.9 Å². The molecule has 0 aromatic carbocycles. The van der Waals surface area contributed by atoms with Crippen LogP contribution in [0.3, 0.4) is 0 Å². The number of hydrogen-bond donors (Lipinski definition) is 1. The molecular formula is C12H13N3O3. The van der Waals surface area contributed by atoms with E-state index in [9.17, 15) is 9.59 Å². The number of pyridine rings is 1. The average Bonchev–Trinajstić information content (AvgIpc) is 2.32. The van der Waals surface area contributed by atoms with E-state index in [1.54, 1.807) is 19.9 Å². The first-order chi connectivity index (χ1) is 8.54. The van der Waals surface area contributed by atoms with Gasteiger partial charge in [-0.15, -0.1) is 0 Å². The zero-order valence-electron chi connectivity index (χ0n) is 10.4. The van der Waals surface area contributed by atoms with E-state index in [2.05, 4.69) is 15.2 Å². The number of nitrogens with zero attached hydrogens (tertiary/aromatic N) is 2. The number of aryl methyl sites for hydroxylation is 2. The molecule has 2 heterocycles. The van der Waals surface area contributed by atoms with Gasteiger partial charge in [0, 0.05) is 5.69 Å². The maximum absolute atomic E-state index is 12.1. The number of H-pyrrole nitrogens is 1. The maximum atomic E-state index is 12.1. The second-order valence-electron chi connectivity index (χ2n) is 3.91. The zero-order valence-corrected chi connectivity index (χ0v) is 10.4. The monoisotopic (exact) mass is 247 g/mol. The van der Waals surface area contributed by atoms with Crippen LogP contribution in [-0.4, -0.2) is 27.8 Å². The standard InChI is InChI=1S/C12H13N3O3/c1-4-18-12(17)10-11(16)9-8(14-15-10)5-6(2)7(3)13-9/h5H,4H2,1-3H3,(H,14,16). The first kappa shape index (κ1) is 12.2. The summed E-state index contributed by atoms with van der Waals surface area (Å²) in [6.45, 7) is 5.55. The Morgan fingerprint density at radius 2 is 2.17 bits per heavy atom. The molecule has 0 bridgehead atoms. The van der Waals surface area contributed by atoms with E-state index in [1.807, 2.05) is 6.92 Å². The molecule has 0 spiro atoms. The van der Waals surface area contributed by atoms with E-state index in [0.29, 0.717) is 5.52 Å². The topological polar surface area (TPSA) is 84.9 Å². The molecule has 0 atom stereocenters. The number of aromatic amines is 1. The van der Waals surface area contributed by atoms with Gasteiger partial charge in [-0.3, -0.25) is 9.89 Å². The Hall–Kier alpha value is -2.24. The Bertz CT molecular complexity index is 676. The van der Waals surface area contributed by atoms with Gasteiger partial charge in [0.2, 0.25) is 11.1 Å². The molecule has 0 aliphatic heterocycles.